The lowest BCUT2D eigenvalue weighted by Crippen LogP contribution is -2.41. The lowest BCUT2D eigenvalue weighted by Gasteiger charge is -2.27. The smallest absolute Gasteiger partial charge is 0.206 e. The molecule has 21 heavy (non-hydrogen) atoms. The van der Waals surface area contributed by atoms with Crippen LogP contribution in [0.15, 0.2) is 0 Å². The van der Waals surface area contributed by atoms with Crippen LogP contribution >= 0.6 is 11.8 Å². The molecule has 4 nitrogen and oxygen atoms in total. The standard InChI is InChI=1S/C16H33NO3S/c1-12(2)19-9-8-16(6,7)20-10-11-21-14(18)13(17)15(3,4)5/h12-13H,8-11,17H2,1-7H3. The molecule has 0 aliphatic carbocycles. The van der Waals surface area contributed by atoms with Gasteiger partial charge in [-0.3, -0.25) is 4.79 Å². The Kier molecular flexibility index (Phi) is 9.09. The van der Waals surface area contributed by atoms with Gasteiger partial charge in [-0.1, -0.05) is 32.5 Å². The fourth-order valence-electron chi connectivity index (χ4n) is 1.52. The summed E-state index contributed by atoms with van der Waals surface area (Å²) in [5.41, 5.74) is 5.50. The molecule has 0 aromatic rings. The summed E-state index contributed by atoms with van der Waals surface area (Å²) in [5, 5.41) is 0.0343. The zero-order valence-electron chi connectivity index (χ0n) is 14.7. The minimum atomic E-state index is -0.435. The highest BCUT2D eigenvalue weighted by molar-refractivity contribution is 8.13. The van der Waals surface area contributed by atoms with Crippen molar-refractivity contribution in [1.82, 2.24) is 0 Å². The van der Waals surface area contributed by atoms with Crippen molar-refractivity contribution in [1.29, 1.82) is 0 Å². The van der Waals surface area contributed by atoms with Gasteiger partial charge in [-0.2, -0.15) is 0 Å². The molecule has 1 unspecified atom stereocenters. The van der Waals surface area contributed by atoms with Gasteiger partial charge in [-0.25, -0.2) is 0 Å². The van der Waals surface area contributed by atoms with Gasteiger partial charge >= 0.3 is 0 Å². The molecule has 0 aliphatic rings. The van der Waals surface area contributed by atoms with E-state index < -0.39 is 6.04 Å². The average Bonchev–Trinajstić information content (AvgIpc) is 2.31. The summed E-state index contributed by atoms with van der Waals surface area (Å²) in [6.07, 6.45) is 1.08. The summed E-state index contributed by atoms with van der Waals surface area (Å²) in [6, 6.07) is -0.435. The number of thioether (sulfide) groups is 1. The Morgan fingerprint density at radius 2 is 1.71 bits per heavy atom. The highest BCUT2D eigenvalue weighted by atomic mass is 32.2. The molecule has 0 rings (SSSR count). The molecule has 0 saturated carbocycles. The molecule has 0 aromatic carbocycles. The molecule has 2 N–H and O–H groups in total. The van der Waals surface area contributed by atoms with Gasteiger partial charge in [-0.15, -0.1) is 0 Å². The highest BCUT2D eigenvalue weighted by Crippen LogP contribution is 2.22. The number of ether oxygens (including phenoxy) is 2. The van der Waals surface area contributed by atoms with Gasteiger partial charge in [0.2, 0.25) is 5.12 Å². The minimum absolute atomic E-state index is 0.0343. The SMILES string of the molecule is CC(C)OCCC(C)(C)OCCSC(=O)C(N)C(C)(C)C. The van der Waals surface area contributed by atoms with Crippen LogP contribution in [0.25, 0.3) is 0 Å². The van der Waals surface area contributed by atoms with Crippen LogP contribution in [0.4, 0.5) is 0 Å². The topological polar surface area (TPSA) is 61.5 Å². The predicted octanol–water partition coefficient (Wildman–Crippen LogP) is 3.23. The lowest BCUT2D eigenvalue weighted by atomic mass is 9.88. The third kappa shape index (κ3) is 10.3. The maximum Gasteiger partial charge on any atom is 0.206 e. The van der Waals surface area contributed by atoms with Crippen LogP contribution in [-0.4, -0.2) is 41.8 Å². The Morgan fingerprint density at radius 1 is 1.14 bits per heavy atom. The molecule has 1 atom stereocenters. The van der Waals surface area contributed by atoms with Gasteiger partial charge in [-0.05, 0) is 39.5 Å². The second kappa shape index (κ2) is 9.13. The summed E-state index contributed by atoms with van der Waals surface area (Å²) in [7, 11) is 0. The summed E-state index contributed by atoms with van der Waals surface area (Å²) in [4.78, 5) is 11.9. The van der Waals surface area contributed by atoms with Crippen LogP contribution in [0.5, 0.6) is 0 Å². The number of carbonyl (C=O) groups excluding carboxylic acids is 1. The van der Waals surface area contributed by atoms with Crippen molar-refractivity contribution in [2.45, 2.75) is 72.6 Å². The molecule has 0 bridgehead atoms. The van der Waals surface area contributed by atoms with E-state index in [4.69, 9.17) is 15.2 Å². The van der Waals surface area contributed by atoms with Crippen LogP contribution in [0.3, 0.4) is 0 Å². The molecular formula is C16H33NO3S. The van der Waals surface area contributed by atoms with Crippen molar-refractivity contribution in [3.63, 3.8) is 0 Å². The van der Waals surface area contributed by atoms with E-state index in [1.807, 2.05) is 48.5 Å². The Labute approximate surface area is 134 Å². The second-order valence-corrected chi connectivity index (χ2v) is 8.39. The zero-order chi connectivity index (χ0) is 16.7. The Hall–Kier alpha value is -0.100. The second-order valence-electron chi connectivity index (χ2n) is 7.29. The Balaban J connectivity index is 3.90. The van der Waals surface area contributed by atoms with E-state index in [0.717, 1.165) is 6.42 Å². The van der Waals surface area contributed by atoms with Crippen LogP contribution in [0.1, 0.15) is 54.9 Å². The summed E-state index contributed by atoms with van der Waals surface area (Å²) >= 11 is 1.26. The lowest BCUT2D eigenvalue weighted by molar-refractivity contribution is -0.114. The quantitative estimate of drug-likeness (QED) is 0.661. The van der Waals surface area contributed by atoms with Crippen molar-refractivity contribution >= 4 is 16.9 Å². The van der Waals surface area contributed by atoms with Gasteiger partial charge in [0.15, 0.2) is 0 Å². The molecule has 0 saturated heterocycles. The molecule has 0 spiro atoms. The predicted molar refractivity (Wildman–Crippen MR) is 90.6 cm³/mol. The molecule has 0 fully saturated rings. The van der Waals surface area contributed by atoms with Gasteiger partial charge in [0, 0.05) is 12.4 Å². The van der Waals surface area contributed by atoms with Crippen molar-refractivity contribution in [3.05, 3.63) is 0 Å². The van der Waals surface area contributed by atoms with Crippen LogP contribution < -0.4 is 5.73 Å². The Morgan fingerprint density at radius 3 is 2.19 bits per heavy atom. The number of rotatable bonds is 9. The molecular weight excluding hydrogens is 286 g/mol. The molecule has 126 valence electrons. The van der Waals surface area contributed by atoms with Crippen molar-refractivity contribution in [2.24, 2.45) is 11.1 Å². The Bertz CT molecular complexity index is 311. The van der Waals surface area contributed by atoms with Crippen molar-refractivity contribution in [2.75, 3.05) is 19.0 Å². The molecule has 5 heteroatoms. The maximum atomic E-state index is 11.9. The van der Waals surface area contributed by atoms with Crippen LogP contribution in [-0.2, 0) is 14.3 Å². The normalized spacial score (nSPS) is 14.5. The van der Waals surface area contributed by atoms with E-state index in [0.29, 0.717) is 19.0 Å². The fraction of sp³-hybridized carbons (Fsp3) is 0.938. The largest absolute Gasteiger partial charge is 0.379 e. The number of hydrogen-bond acceptors (Lipinski definition) is 5. The third-order valence-electron chi connectivity index (χ3n) is 3.16. The monoisotopic (exact) mass is 319 g/mol. The first-order chi connectivity index (χ1) is 9.46. The van der Waals surface area contributed by atoms with Gasteiger partial charge < -0.3 is 15.2 Å². The van der Waals surface area contributed by atoms with E-state index in [1.54, 1.807) is 0 Å². The summed E-state index contributed by atoms with van der Waals surface area (Å²) in [5.74, 6) is 0.636. The first kappa shape index (κ1) is 20.9. The average molecular weight is 320 g/mol. The summed E-state index contributed by atoms with van der Waals surface area (Å²) in [6.45, 7) is 15.3. The molecule has 0 aliphatic heterocycles. The number of hydrogen-bond donors (Lipinski definition) is 1. The van der Waals surface area contributed by atoms with E-state index in [-0.39, 0.29) is 22.2 Å². The first-order valence-corrected chi connectivity index (χ1v) is 8.62. The van der Waals surface area contributed by atoms with E-state index in [2.05, 4.69) is 0 Å². The van der Waals surface area contributed by atoms with Crippen molar-refractivity contribution in [3.8, 4) is 0 Å². The number of carbonyl (C=O) groups is 1. The van der Waals surface area contributed by atoms with Gasteiger partial charge in [0.25, 0.3) is 0 Å². The van der Waals surface area contributed by atoms with E-state index in [9.17, 15) is 4.79 Å². The van der Waals surface area contributed by atoms with Crippen LogP contribution in [0.2, 0.25) is 0 Å². The summed E-state index contributed by atoms with van der Waals surface area (Å²) < 4.78 is 11.4. The molecule has 0 amide bonds. The highest BCUT2D eigenvalue weighted by Gasteiger charge is 2.27. The fourth-order valence-corrected chi connectivity index (χ4v) is 2.42. The maximum absolute atomic E-state index is 11.9. The van der Waals surface area contributed by atoms with Crippen LogP contribution in [0, 0.1) is 5.41 Å². The molecule has 0 heterocycles. The zero-order valence-corrected chi connectivity index (χ0v) is 15.5. The van der Waals surface area contributed by atoms with Crippen molar-refractivity contribution < 1.29 is 14.3 Å². The first-order valence-electron chi connectivity index (χ1n) is 7.63. The third-order valence-corrected chi connectivity index (χ3v) is 4.07. The van der Waals surface area contributed by atoms with Gasteiger partial charge in [0.05, 0.1) is 24.4 Å². The number of nitrogens with two attached hydrogens (primary N) is 1. The molecule has 0 aromatic heterocycles. The minimum Gasteiger partial charge on any atom is -0.379 e. The van der Waals surface area contributed by atoms with E-state index >= 15 is 0 Å². The molecule has 0 radical (unpaired) electrons. The van der Waals surface area contributed by atoms with E-state index in [1.165, 1.54) is 11.8 Å². The van der Waals surface area contributed by atoms with Gasteiger partial charge in [0.1, 0.15) is 0 Å².